The van der Waals surface area contributed by atoms with E-state index in [9.17, 15) is 0 Å². The molecule has 0 bridgehead atoms. The zero-order valence-corrected chi connectivity index (χ0v) is 10.4. The molecule has 1 radical (unpaired) electrons. The molecule has 1 aromatic rings. The number of hydrogen-bond donors (Lipinski definition) is 0. The first kappa shape index (κ1) is 12.3. The third-order valence-corrected chi connectivity index (χ3v) is 3.02. The van der Waals surface area contributed by atoms with Gasteiger partial charge in [-0.1, -0.05) is 43.9 Å². The van der Waals surface area contributed by atoms with Gasteiger partial charge in [0.1, 0.15) is 0 Å². The second-order valence-corrected chi connectivity index (χ2v) is 4.54. The molecule has 0 atom stereocenters. The highest BCUT2D eigenvalue weighted by Gasteiger charge is 2.03. The van der Waals surface area contributed by atoms with Gasteiger partial charge in [0.05, 0.1) is 0 Å². The summed E-state index contributed by atoms with van der Waals surface area (Å²) in [5.41, 5.74) is 5.86. The van der Waals surface area contributed by atoms with Crippen LogP contribution < -0.4 is 0 Å². The molecule has 0 saturated heterocycles. The molecular formula is C15H23. The molecule has 0 aliphatic heterocycles. The fourth-order valence-corrected chi connectivity index (χ4v) is 2.26. The molecule has 83 valence electrons. The molecule has 0 aliphatic rings. The maximum atomic E-state index is 3.88. The van der Waals surface area contributed by atoms with Gasteiger partial charge in [-0.05, 0) is 50.3 Å². The molecule has 0 amide bonds. The number of benzene rings is 1. The van der Waals surface area contributed by atoms with Gasteiger partial charge in [-0.2, -0.15) is 0 Å². The smallest absolute Gasteiger partial charge is 0.0274 e. The molecule has 0 aromatic heterocycles. The van der Waals surface area contributed by atoms with E-state index in [0.717, 1.165) is 6.42 Å². The lowest BCUT2D eigenvalue weighted by Gasteiger charge is -2.11. The largest absolute Gasteiger partial charge is 0.0561 e. The molecule has 1 rings (SSSR count). The van der Waals surface area contributed by atoms with Crippen LogP contribution in [0.5, 0.6) is 0 Å². The van der Waals surface area contributed by atoms with Crippen LogP contribution in [0, 0.1) is 27.7 Å². The van der Waals surface area contributed by atoms with Crippen LogP contribution in [0.4, 0.5) is 0 Å². The predicted molar refractivity (Wildman–Crippen MR) is 68.2 cm³/mol. The Morgan fingerprint density at radius 3 is 2.07 bits per heavy atom. The van der Waals surface area contributed by atoms with Crippen LogP contribution in [-0.2, 0) is 6.42 Å². The monoisotopic (exact) mass is 203 g/mol. The van der Waals surface area contributed by atoms with Crippen molar-refractivity contribution >= 4 is 0 Å². The van der Waals surface area contributed by atoms with E-state index in [1.54, 1.807) is 5.56 Å². The summed E-state index contributed by atoms with van der Waals surface area (Å²) in [5.74, 6) is 0. The molecule has 0 heteroatoms. The minimum Gasteiger partial charge on any atom is -0.0561 e. The topological polar surface area (TPSA) is 0 Å². The zero-order valence-electron chi connectivity index (χ0n) is 10.4. The van der Waals surface area contributed by atoms with Gasteiger partial charge in [0.15, 0.2) is 0 Å². The Bertz CT molecular complexity index is 287. The lowest BCUT2D eigenvalue weighted by atomic mass is 9.95. The molecule has 0 saturated carbocycles. The zero-order chi connectivity index (χ0) is 11.3. The molecule has 1 aromatic carbocycles. The lowest BCUT2D eigenvalue weighted by Crippen LogP contribution is -1.95. The minimum atomic E-state index is 1.08. The highest BCUT2D eigenvalue weighted by atomic mass is 14.1. The van der Waals surface area contributed by atoms with E-state index >= 15 is 0 Å². The van der Waals surface area contributed by atoms with E-state index in [0.29, 0.717) is 0 Å². The fourth-order valence-electron chi connectivity index (χ4n) is 2.26. The summed E-state index contributed by atoms with van der Waals surface area (Å²) in [5, 5.41) is 0. The molecule has 0 heterocycles. The van der Waals surface area contributed by atoms with Gasteiger partial charge in [-0.3, -0.25) is 0 Å². The SMILES string of the molecule is [CH2]CCCCCc1c(C)cc(C)cc1C. The van der Waals surface area contributed by atoms with Gasteiger partial charge in [0.25, 0.3) is 0 Å². The van der Waals surface area contributed by atoms with E-state index in [4.69, 9.17) is 0 Å². The number of unbranched alkanes of at least 4 members (excludes halogenated alkanes) is 3. The maximum absolute atomic E-state index is 3.88. The van der Waals surface area contributed by atoms with Crippen molar-refractivity contribution in [3.8, 4) is 0 Å². The van der Waals surface area contributed by atoms with Crippen molar-refractivity contribution in [2.45, 2.75) is 52.9 Å². The Labute approximate surface area is 94.7 Å². The second kappa shape index (κ2) is 5.95. The van der Waals surface area contributed by atoms with Crippen LogP contribution in [0.25, 0.3) is 0 Å². The minimum absolute atomic E-state index is 1.08. The highest BCUT2D eigenvalue weighted by Crippen LogP contribution is 2.19. The lowest BCUT2D eigenvalue weighted by molar-refractivity contribution is 0.683. The van der Waals surface area contributed by atoms with Crippen molar-refractivity contribution in [2.75, 3.05) is 0 Å². The molecule has 0 N–H and O–H groups in total. The van der Waals surface area contributed by atoms with Crippen molar-refractivity contribution < 1.29 is 0 Å². The highest BCUT2D eigenvalue weighted by molar-refractivity contribution is 5.37. The first-order chi connectivity index (χ1) is 7.15. The Kier molecular flexibility index (Phi) is 4.87. The summed E-state index contributed by atoms with van der Waals surface area (Å²) in [4.78, 5) is 0. The Hall–Kier alpha value is -0.780. The summed E-state index contributed by atoms with van der Waals surface area (Å²) in [6, 6.07) is 4.59. The van der Waals surface area contributed by atoms with Gasteiger partial charge < -0.3 is 0 Å². The average molecular weight is 203 g/mol. The second-order valence-electron chi connectivity index (χ2n) is 4.54. The van der Waals surface area contributed by atoms with Crippen LogP contribution in [0.1, 0.15) is 47.9 Å². The van der Waals surface area contributed by atoms with E-state index in [-0.39, 0.29) is 0 Å². The summed E-state index contributed by atoms with van der Waals surface area (Å²) < 4.78 is 0. The first-order valence-electron chi connectivity index (χ1n) is 6.01. The summed E-state index contributed by atoms with van der Waals surface area (Å²) in [6.07, 6.45) is 6.20. The van der Waals surface area contributed by atoms with Crippen molar-refractivity contribution in [1.29, 1.82) is 0 Å². The predicted octanol–water partition coefficient (Wildman–Crippen LogP) is 4.55. The summed E-state index contributed by atoms with van der Waals surface area (Å²) in [7, 11) is 0. The number of aryl methyl sites for hydroxylation is 3. The van der Waals surface area contributed by atoms with Crippen LogP contribution in [-0.4, -0.2) is 0 Å². The van der Waals surface area contributed by atoms with Crippen molar-refractivity contribution in [1.82, 2.24) is 0 Å². The Morgan fingerprint density at radius 2 is 1.53 bits per heavy atom. The fraction of sp³-hybridized carbons (Fsp3) is 0.533. The molecule has 0 nitrogen and oxygen atoms in total. The summed E-state index contributed by atoms with van der Waals surface area (Å²) >= 11 is 0. The first-order valence-corrected chi connectivity index (χ1v) is 6.01. The maximum Gasteiger partial charge on any atom is -0.0274 e. The third-order valence-electron chi connectivity index (χ3n) is 3.02. The van der Waals surface area contributed by atoms with Crippen molar-refractivity contribution in [2.24, 2.45) is 0 Å². The Balaban J connectivity index is 2.60. The number of hydrogen-bond acceptors (Lipinski definition) is 0. The number of rotatable bonds is 5. The molecule has 0 aliphatic carbocycles. The standard InChI is InChI=1S/C15H23/c1-5-6-7-8-9-15-13(3)10-12(2)11-14(15)4/h10-11H,1,5-9H2,2-4H3. The third kappa shape index (κ3) is 3.70. The van der Waals surface area contributed by atoms with E-state index in [1.807, 2.05) is 0 Å². The quantitative estimate of drug-likeness (QED) is 0.616. The average Bonchev–Trinajstić information content (AvgIpc) is 2.15. The van der Waals surface area contributed by atoms with E-state index in [1.165, 1.54) is 42.4 Å². The normalized spacial score (nSPS) is 10.7. The van der Waals surface area contributed by atoms with Gasteiger partial charge in [-0.15, -0.1) is 0 Å². The van der Waals surface area contributed by atoms with Crippen LogP contribution in [0.3, 0.4) is 0 Å². The van der Waals surface area contributed by atoms with E-state index in [2.05, 4.69) is 39.8 Å². The summed E-state index contributed by atoms with van der Waals surface area (Å²) in [6.45, 7) is 10.5. The van der Waals surface area contributed by atoms with E-state index < -0.39 is 0 Å². The van der Waals surface area contributed by atoms with Crippen molar-refractivity contribution in [3.63, 3.8) is 0 Å². The molecule has 0 spiro atoms. The van der Waals surface area contributed by atoms with Gasteiger partial charge in [0, 0.05) is 0 Å². The molecule has 0 unspecified atom stereocenters. The van der Waals surface area contributed by atoms with Gasteiger partial charge >= 0.3 is 0 Å². The Morgan fingerprint density at radius 1 is 0.933 bits per heavy atom. The van der Waals surface area contributed by atoms with Crippen LogP contribution in [0.2, 0.25) is 0 Å². The van der Waals surface area contributed by atoms with Gasteiger partial charge in [-0.25, -0.2) is 0 Å². The van der Waals surface area contributed by atoms with Gasteiger partial charge in [0.2, 0.25) is 0 Å². The van der Waals surface area contributed by atoms with Crippen LogP contribution in [0.15, 0.2) is 12.1 Å². The molecular weight excluding hydrogens is 180 g/mol. The van der Waals surface area contributed by atoms with Crippen molar-refractivity contribution in [3.05, 3.63) is 41.3 Å². The molecule has 0 fully saturated rings. The molecule has 15 heavy (non-hydrogen) atoms. The van der Waals surface area contributed by atoms with Crippen LogP contribution >= 0.6 is 0 Å².